The maximum Gasteiger partial charge on any atom is 0.307 e. The lowest BCUT2D eigenvalue weighted by atomic mass is 9.91. The molecule has 0 bridgehead atoms. The fourth-order valence-electron chi connectivity index (χ4n) is 4.29. The van der Waals surface area contributed by atoms with Gasteiger partial charge in [-0.05, 0) is 55.1 Å². The number of carboxylic acids is 1. The summed E-state index contributed by atoms with van der Waals surface area (Å²) < 4.78 is 5.95. The molecule has 4 heteroatoms. The Balaban J connectivity index is 1.56. The van der Waals surface area contributed by atoms with Crippen molar-refractivity contribution in [2.24, 2.45) is 5.92 Å². The molecule has 2 unspecified atom stereocenters. The molecule has 1 heterocycles. The molecule has 4 nitrogen and oxygen atoms in total. The predicted molar refractivity (Wildman–Crippen MR) is 122 cm³/mol. The topological polar surface area (TPSA) is 49.8 Å². The van der Waals surface area contributed by atoms with Gasteiger partial charge in [0.1, 0.15) is 12.4 Å². The van der Waals surface area contributed by atoms with E-state index in [9.17, 15) is 9.90 Å². The molecule has 0 aromatic heterocycles. The molecule has 1 N–H and O–H groups in total. The zero-order chi connectivity index (χ0) is 21.6. The molecule has 3 aromatic rings. The van der Waals surface area contributed by atoms with Crippen LogP contribution >= 0.6 is 0 Å². The molecular formula is C27H29NO3. The monoisotopic (exact) mass is 415 g/mol. The summed E-state index contributed by atoms with van der Waals surface area (Å²) in [4.78, 5) is 13.9. The lowest BCUT2D eigenvalue weighted by Gasteiger charge is -2.37. The van der Waals surface area contributed by atoms with Crippen LogP contribution in [0.5, 0.6) is 5.75 Å². The number of carboxylic acid groups (broad SMARTS) is 1. The Morgan fingerprint density at radius 2 is 1.65 bits per heavy atom. The highest BCUT2D eigenvalue weighted by atomic mass is 16.5. The van der Waals surface area contributed by atoms with E-state index in [2.05, 4.69) is 60.4 Å². The maximum absolute atomic E-state index is 11.6. The van der Waals surface area contributed by atoms with Crippen LogP contribution < -0.4 is 4.74 Å². The van der Waals surface area contributed by atoms with Gasteiger partial charge in [-0.3, -0.25) is 9.69 Å². The minimum Gasteiger partial charge on any atom is -0.489 e. The van der Waals surface area contributed by atoms with Crippen LogP contribution in [-0.4, -0.2) is 29.1 Å². The molecule has 31 heavy (non-hydrogen) atoms. The quantitative estimate of drug-likeness (QED) is 0.557. The van der Waals surface area contributed by atoms with Crippen LogP contribution in [0.2, 0.25) is 0 Å². The highest BCUT2D eigenvalue weighted by Gasteiger charge is 2.31. The number of ether oxygens (including phenoxy) is 1. The van der Waals surface area contributed by atoms with Crippen LogP contribution in [0.25, 0.3) is 0 Å². The van der Waals surface area contributed by atoms with Crippen molar-refractivity contribution in [1.29, 1.82) is 0 Å². The van der Waals surface area contributed by atoms with Crippen LogP contribution in [0.1, 0.15) is 41.1 Å². The van der Waals surface area contributed by atoms with Gasteiger partial charge in [-0.25, -0.2) is 0 Å². The van der Waals surface area contributed by atoms with Crippen LogP contribution in [-0.2, 0) is 11.4 Å². The average molecular weight is 416 g/mol. The number of carbonyl (C=O) groups is 1. The Hall–Kier alpha value is -3.11. The van der Waals surface area contributed by atoms with Gasteiger partial charge >= 0.3 is 5.97 Å². The number of nitrogens with zero attached hydrogens (tertiary/aromatic N) is 1. The van der Waals surface area contributed by atoms with E-state index in [-0.39, 0.29) is 12.0 Å². The Morgan fingerprint density at radius 1 is 1.00 bits per heavy atom. The first-order valence-electron chi connectivity index (χ1n) is 10.9. The van der Waals surface area contributed by atoms with Crippen molar-refractivity contribution in [3.8, 4) is 5.75 Å². The van der Waals surface area contributed by atoms with Crippen molar-refractivity contribution in [2.45, 2.75) is 32.4 Å². The molecule has 0 spiro atoms. The first-order chi connectivity index (χ1) is 15.1. The maximum atomic E-state index is 11.6. The lowest BCUT2D eigenvalue weighted by molar-refractivity contribution is -0.143. The Morgan fingerprint density at radius 3 is 2.29 bits per heavy atom. The van der Waals surface area contributed by atoms with Crippen LogP contribution in [0, 0.1) is 12.8 Å². The minimum atomic E-state index is -0.697. The third-order valence-corrected chi connectivity index (χ3v) is 6.00. The molecule has 1 saturated heterocycles. The van der Waals surface area contributed by atoms with Gasteiger partial charge in [-0.15, -0.1) is 0 Å². The second kappa shape index (κ2) is 9.80. The van der Waals surface area contributed by atoms with E-state index in [1.807, 2.05) is 30.3 Å². The number of likely N-dealkylation sites (tertiary alicyclic amines) is 1. The molecule has 0 aliphatic carbocycles. The van der Waals surface area contributed by atoms with E-state index >= 15 is 0 Å². The van der Waals surface area contributed by atoms with E-state index in [4.69, 9.17) is 4.74 Å². The standard InChI is InChI=1S/C27H29NO3/c1-20-9-11-22(12-10-20)26(28-17-5-8-24(18-28)27(29)30)23-13-15-25(16-14-23)31-19-21-6-3-2-4-7-21/h2-4,6-7,9-16,24,26H,5,8,17-19H2,1H3,(H,29,30). The van der Waals surface area contributed by atoms with E-state index in [0.717, 1.165) is 36.3 Å². The van der Waals surface area contributed by atoms with Gasteiger partial charge in [0.25, 0.3) is 0 Å². The van der Waals surface area contributed by atoms with Gasteiger partial charge in [-0.1, -0.05) is 72.3 Å². The SMILES string of the molecule is Cc1ccc(C(c2ccc(OCc3ccccc3)cc2)N2CCCC(C(=O)O)C2)cc1. The highest BCUT2D eigenvalue weighted by molar-refractivity contribution is 5.70. The van der Waals surface area contributed by atoms with Gasteiger partial charge < -0.3 is 9.84 Å². The molecule has 1 aliphatic rings. The summed E-state index contributed by atoms with van der Waals surface area (Å²) in [6.07, 6.45) is 1.65. The highest BCUT2D eigenvalue weighted by Crippen LogP contribution is 2.33. The minimum absolute atomic E-state index is 0.0333. The number of hydrogen-bond donors (Lipinski definition) is 1. The summed E-state index contributed by atoms with van der Waals surface area (Å²) in [7, 11) is 0. The fraction of sp³-hybridized carbons (Fsp3) is 0.296. The molecule has 1 fully saturated rings. The Bertz CT molecular complexity index is 983. The van der Waals surface area contributed by atoms with E-state index in [0.29, 0.717) is 13.2 Å². The van der Waals surface area contributed by atoms with E-state index < -0.39 is 5.97 Å². The van der Waals surface area contributed by atoms with Crippen LogP contribution in [0.15, 0.2) is 78.9 Å². The largest absolute Gasteiger partial charge is 0.489 e. The number of hydrogen-bond acceptors (Lipinski definition) is 3. The fourth-order valence-corrected chi connectivity index (χ4v) is 4.29. The first-order valence-corrected chi connectivity index (χ1v) is 10.9. The van der Waals surface area contributed by atoms with Crippen molar-refractivity contribution < 1.29 is 14.6 Å². The molecular weight excluding hydrogens is 386 g/mol. The number of piperidine rings is 1. The third-order valence-electron chi connectivity index (χ3n) is 6.00. The molecule has 0 amide bonds. The summed E-state index contributed by atoms with van der Waals surface area (Å²) in [5.74, 6) is -0.176. The summed E-state index contributed by atoms with van der Waals surface area (Å²) in [5.41, 5.74) is 4.70. The van der Waals surface area contributed by atoms with Gasteiger partial charge in [0, 0.05) is 6.54 Å². The number of rotatable bonds is 7. The smallest absolute Gasteiger partial charge is 0.307 e. The van der Waals surface area contributed by atoms with Crippen molar-refractivity contribution in [2.75, 3.05) is 13.1 Å². The zero-order valence-electron chi connectivity index (χ0n) is 17.9. The second-order valence-electron chi connectivity index (χ2n) is 8.33. The van der Waals surface area contributed by atoms with Gasteiger partial charge in [0.15, 0.2) is 0 Å². The number of aryl methyl sites for hydroxylation is 1. The summed E-state index contributed by atoms with van der Waals surface area (Å²) in [5, 5.41) is 9.56. The average Bonchev–Trinajstić information content (AvgIpc) is 2.81. The summed E-state index contributed by atoms with van der Waals surface area (Å²) in [6.45, 7) is 4.09. The Labute approximate surface area is 184 Å². The van der Waals surface area contributed by atoms with Crippen LogP contribution in [0.4, 0.5) is 0 Å². The normalized spacial score (nSPS) is 17.8. The molecule has 4 rings (SSSR count). The molecule has 2 atom stereocenters. The molecule has 0 saturated carbocycles. The van der Waals surface area contributed by atoms with Gasteiger partial charge in [0.2, 0.25) is 0 Å². The van der Waals surface area contributed by atoms with Crippen molar-refractivity contribution >= 4 is 5.97 Å². The first kappa shape index (κ1) is 21.1. The second-order valence-corrected chi connectivity index (χ2v) is 8.33. The van der Waals surface area contributed by atoms with Crippen LogP contribution in [0.3, 0.4) is 0 Å². The molecule has 1 aliphatic heterocycles. The van der Waals surface area contributed by atoms with Crippen molar-refractivity contribution in [3.05, 3.63) is 101 Å². The Kier molecular flexibility index (Phi) is 6.68. The predicted octanol–water partition coefficient (Wildman–Crippen LogP) is 5.46. The van der Waals surface area contributed by atoms with E-state index in [1.54, 1.807) is 0 Å². The van der Waals surface area contributed by atoms with Gasteiger partial charge in [-0.2, -0.15) is 0 Å². The summed E-state index contributed by atoms with van der Waals surface area (Å²) >= 11 is 0. The number of aliphatic carboxylic acids is 1. The lowest BCUT2D eigenvalue weighted by Crippen LogP contribution is -2.41. The molecule has 160 valence electrons. The third kappa shape index (κ3) is 5.33. The van der Waals surface area contributed by atoms with Gasteiger partial charge in [0.05, 0.1) is 12.0 Å². The molecule has 3 aromatic carbocycles. The van der Waals surface area contributed by atoms with E-state index in [1.165, 1.54) is 11.1 Å². The van der Waals surface area contributed by atoms with Crippen molar-refractivity contribution in [1.82, 2.24) is 4.90 Å². The summed E-state index contributed by atoms with van der Waals surface area (Å²) in [6, 6.07) is 27.0. The zero-order valence-corrected chi connectivity index (χ0v) is 17.9. The molecule has 0 radical (unpaired) electrons. The van der Waals surface area contributed by atoms with Crippen molar-refractivity contribution in [3.63, 3.8) is 0 Å². The number of benzene rings is 3.